The topological polar surface area (TPSA) is 160 Å². The van der Waals surface area contributed by atoms with Gasteiger partial charge in [-0.25, -0.2) is 19.2 Å². The van der Waals surface area contributed by atoms with E-state index in [-0.39, 0.29) is 18.8 Å². The molecule has 1 aromatic carbocycles. The number of rotatable bonds is 11. The second-order valence-corrected chi connectivity index (χ2v) is 7.80. The lowest BCUT2D eigenvalue weighted by molar-refractivity contribution is -0.139. The van der Waals surface area contributed by atoms with E-state index in [0.29, 0.717) is 52.9 Å². The molecule has 0 amide bonds. The molecular formula is C25H31ClN2O9. The molecule has 0 saturated heterocycles. The molecule has 0 saturated carbocycles. The molecule has 0 radical (unpaired) electrons. The van der Waals surface area contributed by atoms with Crippen LogP contribution in [0.4, 0.5) is 0 Å². The minimum absolute atomic E-state index is 0.155. The summed E-state index contributed by atoms with van der Waals surface area (Å²) in [4.78, 5) is 44.7. The van der Waals surface area contributed by atoms with Crippen LogP contribution in [0.2, 0.25) is 5.02 Å². The number of methoxy groups -OCH3 is 1. The first-order valence-electron chi connectivity index (χ1n) is 11.2. The number of carboxylic acid groups (broad SMARTS) is 2. The maximum absolute atomic E-state index is 12.9. The summed E-state index contributed by atoms with van der Waals surface area (Å²) in [5, 5.41) is 22.2. The molecule has 12 heteroatoms. The van der Waals surface area contributed by atoms with Crippen molar-refractivity contribution in [2.75, 3.05) is 40.5 Å². The predicted octanol–water partition coefficient (Wildman–Crippen LogP) is 2.24. The van der Waals surface area contributed by atoms with Crippen LogP contribution in [0.15, 0.2) is 59.0 Å². The minimum Gasteiger partial charge on any atom is -0.478 e. The molecule has 2 rings (SSSR count). The number of dihydropyridines is 1. The van der Waals surface area contributed by atoms with Gasteiger partial charge in [0, 0.05) is 29.4 Å². The third kappa shape index (κ3) is 9.71. The van der Waals surface area contributed by atoms with E-state index in [4.69, 9.17) is 36.0 Å². The van der Waals surface area contributed by atoms with Gasteiger partial charge in [-0.3, -0.25) is 0 Å². The molecule has 4 N–H and O–H groups in total. The Bertz CT molecular complexity index is 1060. The quantitative estimate of drug-likeness (QED) is 0.186. The van der Waals surface area contributed by atoms with E-state index in [1.165, 1.54) is 7.11 Å². The Kier molecular flexibility index (Phi) is 13.7. The first kappa shape index (κ1) is 31.4. The van der Waals surface area contributed by atoms with Gasteiger partial charge in [0.1, 0.15) is 0 Å². The molecule has 1 aliphatic rings. The number of nitrogens with one attached hydrogen (secondary N) is 2. The first-order valence-corrected chi connectivity index (χ1v) is 11.5. The van der Waals surface area contributed by atoms with Gasteiger partial charge in [-0.2, -0.15) is 0 Å². The summed E-state index contributed by atoms with van der Waals surface area (Å²) < 4.78 is 16.0. The van der Waals surface area contributed by atoms with Crippen molar-refractivity contribution in [3.63, 3.8) is 0 Å². The summed E-state index contributed by atoms with van der Waals surface area (Å²) in [6, 6.07) is 7.10. The normalized spacial score (nSPS) is 15.0. The Morgan fingerprint density at radius 1 is 1.08 bits per heavy atom. The van der Waals surface area contributed by atoms with Gasteiger partial charge in [-0.15, -0.1) is 0 Å². The molecule has 1 aliphatic heterocycles. The lowest BCUT2D eigenvalue weighted by atomic mass is 9.80. The number of carbonyl (C=O) groups excluding carboxylic acids is 2. The number of halogens is 1. The molecule has 1 atom stereocenters. The van der Waals surface area contributed by atoms with Gasteiger partial charge < -0.3 is 35.1 Å². The second-order valence-electron chi connectivity index (χ2n) is 7.39. The number of hydrogen-bond acceptors (Lipinski definition) is 9. The maximum atomic E-state index is 12.9. The van der Waals surface area contributed by atoms with Crippen LogP contribution in [0.25, 0.3) is 0 Å². The van der Waals surface area contributed by atoms with Crippen molar-refractivity contribution in [2.45, 2.75) is 19.8 Å². The molecule has 0 spiro atoms. The Morgan fingerprint density at radius 2 is 1.70 bits per heavy atom. The number of aliphatic carboxylic acids is 2. The minimum atomic E-state index is -1.26. The Hall–Kier alpha value is -3.67. The summed E-state index contributed by atoms with van der Waals surface area (Å²) in [7, 11) is 3.13. The number of benzene rings is 1. The lowest BCUT2D eigenvalue weighted by Gasteiger charge is -2.31. The maximum Gasteiger partial charge on any atom is 0.336 e. The van der Waals surface area contributed by atoms with Gasteiger partial charge >= 0.3 is 23.9 Å². The van der Waals surface area contributed by atoms with Gasteiger partial charge in [-0.1, -0.05) is 29.8 Å². The van der Waals surface area contributed by atoms with Crippen molar-refractivity contribution in [3.8, 4) is 0 Å². The molecule has 0 aromatic heterocycles. The van der Waals surface area contributed by atoms with Gasteiger partial charge in [0.25, 0.3) is 0 Å². The second kappa shape index (κ2) is 16.1. The number of esters is 2. The predicted molar refractivity (Wildman–Crippen MR) is 135 cm³/mol. The molecule has 1 heterocycles. The standard InChI is InChI=1S/C21H27ClN2O5.C4H4O4/c1-5-29-21(26)19-16(12-28-11-10-23-3)24-13(2)17(20(25)27-4)18(19)14-8-6-7-9-15(14)22;5-3(6)1-2-4(7)8/h6-9,18,23-24H,5,10-12H2,1-4H3;1-2H,(H,5,6)(H,7,8). The summed E-state index contributed by atoms with van der Waals surface area (Å²) in [6.07, 6.45) is 1.12. The fraction of sp³-hybridized carbons (Fsp3) is 0.360. The Morgan fingerprint density at radius 3 is 2.22 bits per heavy atom. The number of carbonyl (C=O) groups is 4. The number of ether oxygens (including phenoxy) is 3. The fourth-order valence-corrected chi connectivity index (χ4v) is 3.60. The van der Waals surface area contributed by atoms with E-state index in [9.17, 15) is 19.2 Å². The van der Waals surface area contributed by atoms with E-state index >= 15 is 0 Å². The van der Waals surface area contributed by atoms with Gasteiger partial charge in [-0.05, 0) is 32.5 Å². The highest BCUT2D eigenvalue weighted by atomic mass is 35.5. The molecular weight excluding hydrogens is 508 g/mol. The molecule has 37 heavy (non-hydrogen) atoms. The van der Waals surface area contributed by atoms with E-state index < -0.39 is 29.8 Å². The first-order chi connectivity index (χ1) is 17.6. The van der Waals surface area contributed by atoms with E-state index in [1.54, 1.807) is 38.1 Å². The largest absolute Gasteiger partial charge is 0.478 e. The molecule has 0 bridgehead atoms. The number of carboxylic acids is 2. The van der Waals surface area contributed by atoms with Crippen LogP contribution >= 0.6 is 11.6 Å². The summed E-state index contributed by atoms with van der Waals surface area (Å²) in [5.41, 5.74) is 2.32. The van der Waals surface area contributed by atoms with Crippen LogP contribution in [-0.2, 0) is 33.4 Å². The SMILES string of the molecule is CCOC(=O)C1=C(COCCNC)NC(C)=C(C(=O)OC)C1c1ccccc1Cl.O=C(O)C=CC(=O)O. The van der Waals surface area contributed by atoms with Crippen LogP contribution in [0, 0.1) is 0 Å². The van der Waals surface area contributed by atoms with Crippen molar-refractivity contribution in [1.29, 1.82) is 0 Å². The highest BCUT2D eigenvalue weighted by Gasteiger charge is 2.39. The van der Waals surface area contributed by atoms with Crippen LogP contribution in [0.1, 0.15) is 25.3 Å². The lowest BCUT2D eigenvalue weighted by Crippen LogP contribution is -2.35. The highest BCUT2D eigenvalue weighted by molar-refractivity contribution is 6.31. The molecule has 1 unspecified atom stereocenters. The Labute approximate surface area is 219 Å². The summed E-state index contributed by atoms with van der Waals surface area (Å²) in [5.74, 6) is -4.33. The van der Waals surface area contributed by atoms with E-state index in [1.807, 2.05) is 7.05 Å². The zero-order valence-corrected chi connectivity index (χ0v) is 21.8. The van der Waals surface area contributed by atoms with Crippen LogP contribution in [0.3, 0.4) is 0 Å². The molecule has 1 aromatic rings. The van der Waals surface area contributed by atoms with Crippen LogP contribution < -0.4 is 10.6 Å². The third-order valence-corrected chi connectivity index (χ3v) is 5.22. The Balaban J connectivity index is 0.000000738. The van der Waals surface area contributed by atoms with Crippen molar-refractivity contribution in [3.05, 3.63) is 69.5 Å². The van der Waals surface area contributed by atoms with Crippen molar-refractivity contribution >= 4 is 35.5 Å². The van der Waals surface area contributed by atoms with Crippen molar-refractivity contribution in [2.24, 2.45) is 0 Å². The van der Waals surface area contributed by atoms with Gasteiger partial charge in [0.15, 0.2) is 0 Å². The van der Waals surface area contributed by atoms with Gasteiger partial charge in [0.05, 0.1) is 49.7 Å². The fourth-order valence-electron chi connectivity index (χ4n) is 3.35. The average Bonchev–Trinajstić information content (AvgIpc) is 2.85. The van der Waals surface area contributed by atoms with Crippen molar-refractivity contribution in [1.82, 2.24) is 10.6 Å². The van der Waals surface area contributed by atoms with Crippen LogP contribution in [-0.4, -0.2) is 74.6 Å². The summed E-state index contributed by atoms with van der Waals surface area (Å²) >= 11 is 6.45. The zero-order chi connectivity index (χ0) is 28.0. The summed E-state index contributed by atoms with van der Waals surface area (Å²) in [6.45, 7) is 4.96. The zero-order valence-electron chi connectivity index (χ0n) is 21.0. The number of likely N-dealkylation sites (N-methyl/N-ethyl adjacent to an activating group) is 1. The molecule has 11 nitrogen and oxygen atoms in total. The number of allylic oxidation sites excluding steroid dienone is 1. The monoisotopic (exact) mass is 538 g/mol. The average molecular weight is 539 g/mol. The third-order valence-electron chi connectivity index (χ3n) is 4.87. The highest BCUT2D eigenvalue weighted by Crippen LogP contribution is 2.41. The number of hydrogen-bond donors (Lipinski definition) is 4. The molecule has 0 fully saturated rings. The smallest absolute Gasteiger partial charge is 0.336 e. The molecule has 0 aliphatic carbocycles. The molecule has 202 valence electrons. The van der Waals surface area contributed by atoms with Gasteiger partial charge in [0.2, 0.25) is 0 Å². The van der Waals surface area contributed by atoms with E-state index in [0.717, 1.165) is 0 Å². The van der Waals surface area contributed by atoms with Crippen LogP contribution in [0.5, 0.6) is 0 Å². The van der Waals surface area contributed by atoms with Crippen molar-refractivity contribution < 1.29 is 43.6 Å². The van der Waals surface area contributed by atoms with E-state index in [2.05, 4.69) is 10.6 Å².